The van der Waals surface area contributed by atoms with Crippen LogP contribution in [0, 0.1) is 0 Å². The van der Waals surface area contributed by atoms with Crippen LogP contribution in [-0.2, 0) is 4.79 Å². The van der Waals surface area contributed by atoms with Gasteiger partial charge < -0.3 is 5.11 Å². The maximum atomic E-state index is 10.5. The number of hydrogen-bond acceptors (Lipinski definition) is 4. The molecule has 0 radical (unpaired) electrons. The van der Waals surface area contributed by atoms with E-state index < -0.39 is 11.8 Å². The summed E-state index contributed by atoms with van der Waals surface area (Å²) < 4.78 is 0. The molecule has 0 rings (SSSR count). The Balaban J connectivity index is 4.36. The highest BCUT2D eigenvalue weighted by Crippen LogP contribution is 2.00. The van der Waals surface area contributed by atoms with Gasteiger partial charge in [0.1, 0.15) is 0 Å². The Hall–Kier alpha value is -0.650. The van der Waals surface area contributed by atoms with E-state index in [1.807, 2.05) is 0 Å². The van der Waals surface area contributed by atoms with Gasteiger partial charge in [-0.2, -0.15) is 0 Å². The summed E-state index contributed by atoms with van der Waals surface area (Å²) in [7, 11) is 0. The normalized spacial score (nSPS) is 12.1. The molecule has 0 aliphatic heterocycles. The summed E-state index contributed by atoms with van der Waals surface area (Å²) in [6.07, 6.45) is 0. The average Bonchev–Trinajstić information content (AvgIpc) is 1.89. The number of rotatable bonds is 4. The number of carboxylic acids is 1. The van der Waals surface area contributed by atoms with E-state index in [1.165, 1.54) is 4.90 Å². The second kappa shape index (κ2) is 3.66. The molecule has 0 amide bonds. The van der Waals surface area contributed by atoms with Crippen molar-refractivity contribution in [2.45, 2.75) is 19.6 Å². The number of hydrogen-bond donors (Lipinski definition) is 3. The lowest BCUT2D eigenvalue weighted by Gasteiger charge is -2.31. The predicted molar refractivity (Wildman–Crippen MR) is 41.7 cm³/mol. The molecule has 5 N–H and O–H groups in total. The third-order valence-corrected chi connectivity index (χ3v) is 1.63. The Bertz CT molecular complexity index is 143. The monoisotopic (exact) mass is 161 g/mol. The van der Waals surface area contributed by atoms with Crippen molar-refractivity contribution in [3.63, 3.8) is 0 Å². The fraction of sp³-hybridized carbons (Fsp3) is 0.833. The first kappa shape index (κ1) is 10.3. The van der Waals surface area contributed by atoms with Crippen molar-refractivity contribution in [2.75, 3.05) is 13.1 Å². The van der Waals surface area contributed by atoms with E-state index in [4.69, 9.17) is 16.6 Å². The van der Waals surface area contributed by atoms with E-state index in [1.54, 1.807) is 13.8 Å². The Morgan fingerprint density at radius 3 is 1.91 bits per heavy atom. The van der Waals surface area contributed by atoms with Gasteiger partial charge in [-0.05, 0) is 13.1 Å². The van der Waals surface area contributed by atoms with Crippen LogP contribution in [0.4, 0.5) is 0 Å². The zero-order chi connectivity index (χ0) is 9.07. The highest BCUT2D eigenvalue weighted by Gasteiger charge is 2.34. The minimum Gasteiger partial charge on any atom is -0.478 e. The van der Waals surface area contributed by atoms with E-state index in [0.29, 0.717) is 13.1 Å². The minimum atomic E-state index is -1.73. The van der Waals surface area contributed by atoms with E-state index in [2.05, 4.69) is 0 Å². The fourth-order valence-electron chi connectivity index (χ4n) is 0.882. The third kappa shape index (κ3) is 2.14. The molecule has 0 bridgehead atoms. The summed E-state index contributed by atoms with van der Waals surface area (Å²) >= 11 is 0. The van der Waals surface area contributed by atoms with Crippen LogP contribution in [0.5, 0.6) is 0 Å². The van der Waals surface area contributed by atoms with Crippen molar-refractivity contribution < 1.29 is 9.90 Å². The van der Waals surface area contributed by atoms with Crippen LogP contribution >= 0.6 is 0 Å². The first-order valence-corrected chi connectivity index (χ1v) is 3.53. The lowest BCUT2D eigenvalue weighted by molar-refractivity contribution is -0.151. The Labute approximate surface area is 66.0 Å². The van der Waals surface area contributed by atoms with E-state index in [-0.39, 0.29) is 0 Å². The lowest BCUT2D eigenvalue weighted by atomic mass is 10.3. The minimum absolute atomic E-state index is 0.524. The molecule has 0 heterocycles. The number of nitrogens with two attached hydrogens (primary N) is 2. The van der Waals surface area contributed by atoms with Gasteiger partial charge in [0, 0.05) is 0 Å². The van der Waals surface area contributed by atoms with Crippen molar-refractivity contribution >= 4 is 5.97 Å². The highest BCUT2D eigenvalue weighted by molar-refractivity contribution is 5.76. The van der Waals surface area contributed by atoms with Crippen molar-refractivity contribution in [2.24, 2.45) is 11.5 Å². The van der Waals surface area contributed by atoms with Gasteiger partial charge >= 0.3 is 5.97 Å². The van der Waals surface area contributed by atoms with E-state index in [9.17, 15) is 4.79 Å². The topological polar surface area (TPSA) is 92.6 Å². The molecule has 0 aliphatic carbocycles. The van der Waals surface area contributed by atoms with Crippen molar-refractivity contribution in [3.8, 4) is 0 Å². The quantitative estimate of drug-likeness (QED) is 0.459. The molecule has 0 saturated heterocycles. The smallest absolute Gasteiger partial charge is 0.354 e. The summed E-state index contributed by atoms with van der Waals surface area (Å²) in [6, 6.07) is 0. The van der Waals surface area contributed by atoms with Gasteiger partial charge in [0.05, 0.1) is 0 Å². The first-order valence-electron chi connectivity index (χ1n) is 3.53. The lowest BCUT2D eigenvalue weighted by Crippen LogP contribution is -2.68. The number of carbonyl (C=O) groups is 1. The van der Waals surface area contributed by atoms with E-state index >= 15 is 0 Å². The van der Waals surface area contributed by atoms with Crippen LogP contribution in [-0.4, -0.2) is 34.9 Å². The molecule has 0 aromatic rings. The molecule has 0 fully saturated rings. The number of nitrogens with zero attached hydrogens (tertiary/aromatic N) is 1. The van der Waals surface area contributed by atoms with Gasteiger partial charge in [0.2, 0.25) is 5.79 Å². The molecule has 0 unspecified atom stereocenters. The summed E-state index contributed by atoms with van der Waals surface area (Å²) in [5.74, 6) is -2.94. The number of carboxylic acid groups (broad SMARTS) is 1. The second-order valence-electron chi connectivity index (χ2n) is 2.30. The van der Waals surface area contributed by atoms with Crippen LogP contribution in [0.25, 0.3) is 0 Å². The van der Waals surface area contributed by atoms with Crippen LogP contribution in [0.2, 0.25) is 0 Å². The fourth-order valence-corrected chi connectivity index (χ4v) is 0.882. The summed E-state index contributed by atoms with van der Waals surface area (Å²) in [4.78, 5) is 12.0. The maximum absolute atomic E-state index is 10.5. The Kier molecular flexibility index (Phi) is 3.44. The molecule has 0 atom stereocenters. The van der Waals surface area contributed by atoms with Gasteiger partial charge in [-0.3, -0.25) is 16.4 Å². The van der Waals surface area contributed by atoms with Crippen molar-refractivity contribution in [1.29, 1.82) is 0 Å². The second-order valence-corrected chi connectivity index (χ2v) is 2.30. The van der Waals surface area contributed by atoms with Gasteiger partial charge in [-0.25, -0.2) is 4.79 Å². The van der Waals surface area contributed by atoms with Gasteiger partial charge in [-0.15, -0.1) is 0 Å². The van der Waals surface area contributed by atoms with Gasteiger partial charge in [0.15, 0.2) is 0 Å². The summed E-state index contributed by atoms with van der Waals surface area (Å²) in [5, 5.41) is 8.58. The summed E-state index contributed by atoms with van der Waals surface area (Å²) in [6.45, 7) is 4.66. The standard InChI is InChI=1S/C6H15N3O2/c1-3-9(4-2)6(7,8)5(10)11/h3-4,7-8H2,1-2H3,(H,10,11). The molecular formula is C6H15N3O2. The van der Waals surface area contributed by atoms with Gasteiger partial charge in [-0.1, -0.05) is 13.8 Å². The van der Waals surface area contributed by atoms with Crippen LogP contribution < -0.4 is 11.5 Å². The molecule has 0 spiro atoms. The molecule has 0 saturated carbocycles. The zero-order valence-electron chi connectivity index (χ0n) is 6.87. The molecule has 0 aliphatic rings. The van der Waals surface area contributed by atoms with Crippen LogP contribution in [0.3, 0.4) is 0 Å². The van der Waals surface area contributed by atoms with Crippen LogP contribution in [0.15, 0.2) is 0 Å². The molecule has 0 aromatic heterocycles. The maximum Gasteiger partial charge on any atom is 0.354 e. The van der Waals surface area contributed by atoms with Gasteiger partial charge in [0.25, 0.3) is 0 Å². The predicted octanol–water partition coefficient (Wildman–Crippen LogP) is -1.02. The highest BCUT2D eigenvalue weighted by atomic mass is 16.4. The Morgan fingerprint density at radius 2 is 1.82 bits per heavy atom. The molecular weight excluding hydrogens is 146 g/mol. The Morgan fingerprint density at radius 1 is 1.45 bits per heavy atom. The zero-order valence-corrected chi connectivity index (χ0v) is 6.87. The summed E-state index contributed by atoms with van der Waals surface area (Å²) in [5.41, 5.74) is 10.7. The molecule has 11 heavy (non-hydrogen) atoms. The molecule has 5 heteroatoms. The molecule has 5 nitrogen and oxygen atoms in total. The first-order chi connectivity index (χ1) is 4.96. The van der Waals surface area contributed by atoms with Crippen LogP contribution in [0.1, 0.15) is 13.8 Å². The average molecular weight is 161 g/mol. The molecule has 0 aromatic carbocycles. The number of likely N-dealkylation sites (N-methyl/N-ethyl adjacent to an activating group) is 1. The largest absolute Gasteiger partial charge is 0.478 e. The van der Waals surface area contributed by atoms with Crippen molar-refractivity contribution in [3.05, 3.63) is 0 Å². The molecule has 66 valence electrons. The SMILES string of the molecule is CCN(CC)C(N)(N)C(=O)O. The van der Waals surface area contributed by atoms with E-state index in [0.717, 1.165) is 0 Å². The van der Waals surface area contributed by atoms with Crippen molar-refractivity contribution in [1.82, 2.24) is 4.90 Å². The third-order valence-electron chi connectivity index (χ3n) is 1.63. The number of aliphatic carboxylic acids is 1.